The van der Waals surface area contributed by atoms with Crippen LogP contribution >= 0.6 is 69.6 Å². The molecule has 0 fully saturated rings. The Kier molecular flexibility index (Phi) is 7.88. The van der Waals surface area contributed by atoms with Crippen LogP contribution in [0.2, 0.25) is 0 Å². The summed E-state index contributed by atoms with van der Waals surface area (Å²) in [5.74, 6) is 0. The summed E-state index contributed by atoms with van der Waals surface area (Å²) in [6, 6.07) is 0. The van der Waals surface area contributed by atoms with Gasteiger partial charge in [-0.05, 0) is 0 Å². The molecule has 0 aliphatic rings. The molecule has 0 rings (SSSR count). The molecule has 60 valence electrons. The Bertz CT molecular complexity index is 177. The molecule has 0 saturated heterocycles. The molecule has 0 saturated carbocycles. The molecule has 0 spiro atoms. The molecule has 0 heterocycles. The van der Waals surface area contributed by atoms with Gasteiger partial charge in [-0.3, -0.25) is 0 Å². The van der Waals surface area contributed by atoms with Crippen LogP contribution in [0.1, 0.15) is 0 Å². The molecule has 0 aliphatic heterocycles. The molecule has 7 heteroatoms. The van der Waals surface area contributed by atoms with Crippen LogP contribution in [-0.2, 0) is 24.6 Å². The molecule has 0 radical (unpaired) electrons. The molecular formula is C4Cl6Hg. The zero-order valence-corrected chi connectivity index (χ0v) is 15.0. The van der Waals surface area contributed by atoms with Crippen molar-refractivity contribution in [2.45, 2.75) is 0 Å². The minimum atomic E-state index is -1.80. The Morgan fingerprint density at radius 3 is 1.09 bits per heavy atom. The van der Waals surface area contributed by atoms with E-state index >= 15 is 0 Å². The van der Waals surface area contributed by atoms with Crippen LogP contribution in [-0.4, -0.2) is 0 Å². The second-order valence-corrected chi connectivity index (χ2v) is 14.7. The summed E-state index contributed by atoms with van der Waals surface area (Å²) in [4.78, 5) is 0. The zero-order chi connectivity index (χ0) is 9.02. The van der Waals surface area contributed by atoms with Crippen LogP contribution in [0.5, 0.6) is 0 Å². The predicted molar refractivity (Wildman–Crippen MR) is 49.2 cm³/mol. The van der Waals surface area contributed by atoms with Gasteiger partial charge in [0.1, 0.15) is 0 Å². The summed E-state index contributed by atoms with van der Waals surface area (Å²) < 4.78 is 0.969. The standard InChI is InChI=1S/2C2Cl3.Hg/c2*3-1-2(4)5;. The van der Waals surface area contributed by atoms with Gasteiger partial charge in [0, 0.05) is 0 Å². The Balaban J connectivity index is 4.30. The summed E-state index contributed by atoms with van der Waals surface area (Å²) in [5, 5.41) is 0. The van der Waals surface area contributed by atoms with Gasteiger partial charge in [0.2, 0.25) is 0 Å². The van der Waals surface area contributed by atoms with Gasteiger partial charge in [-0.2, -0.15) is 0 Å². The van der Waals surface area contributed by atoms with E-state index in [-0.39, 0.29) is 8.98 Å². The van der Waals surface area contributed by atoms with E-state index in [9.17, 15) is 0 Å². The van der Waals surface area contributed by atoms with Crippen LogP contribution in [0, 0.1) is 0 Å². The summed E-state index contributed by atoms with van der Waals surface area (Å²) in [6.45, 7) is 0. The van der Waals surface area contributed by atoms with Crippen molar-refractivity contribution < 1.29 is 24.6 Å². The number of hydrogen-bond acceptors (Lipinski definition) is 0. The summed E-state index contributed by atoms with van der Waals surface area (Å²) >= 11 is 31.0. The fourth-order valence-electron chi connectivity index (χ4n) is 0.270. The first kappa shape index (κ1) is 13.2. The normalized spacial score (nSPS) is 8.55. The first-order valence-electron chi connectivity index (χ1n) is 2.34. The van der Waals surface area contributed by atoms with Crippen LogP contribution in [0.3, 0.4) is 0 Å². The third kappa shape index (κ3) is 6.26. The first-order valence-corrected chi connectivity index (χ1v) is 10.1. The van der Waals surface area contributed by atoms with Crippen molar-refractivity contribution in [1.82, 2.24) is 0 Å². The number of hydrogen-bond donors (Lipinski definition) is 0. The molecule has 0 aromatic heterocycles. The van der Waals surface area contributed by atoms with Gasteiger partial charge in [0.25, 0.3) is 0 Å². The maximum absolute atomic E-state index is 5.63. The summed E-state index contributed by atoms with van der Waals surface area (Å²) in [5.41, 5.74) is 0. The third-order valence-electron chi connectivity index (χ3n) is 0.721. The fourth-order valence-corrected chi connectivity index (χ4v) is 7.66. The van der Waals surface area contributed by atoms with Gasteiger partial charge < -0.3 is 0 Å². The Hall–Kier alpha value is 2.16. The molecular weight excluding hydrogens is 461 g/mol. The average molecular weight is 461 g/mol. The van der Waals surface area contributed by atoms with Crippen molar-refractivity contribution in [2.75, 3.05) is 0 Å². The van der Waals surface area contributed by atoms with Crippen molar-refractivity contribution in [1.29, 1.82) is 0 Å². The van der Waals surface area contributed by atoms with E-state index in [2.05, 4.69) is 0 Å². The van der Waals surface area contributed by atoms with Crippen LogP contribution in [0.4, 0.5) is 0 Å². The van der Waals surface area contributed by atoms with Gasteiger partial charge in [0.05, 0.1) is 0 Å². The van der Waals surface area contributed by atoms with Crippen LogP contribution in [0.15, 0.2) is 14.1 Å². The first-order chi connectivity index (χ1) is 4.95. The van der Waals surface area contributed by atoms with E-state index in [0.717, 1.165) is 0 Å². The molecule has 0 N–H and O–H groups in total. The van der Waals surface area contributed by atoms with E-state index in [1.165, 1.54) is 0 Å². The Morgan fingerprint density at radius 2 is 0.909 bits per heavy atom. The van der Waals surface area contributed by atoms with Gasteiger partial charge in [-0.25, -0.2) is 0 Å². The van der Waals surface area contributed by atoms with E-state index in [4.69, 9.17) is 69.6 Å². The van der Waals surface area contributed by atoms with Crippen molar-refractivity contribution in [2.24, 2.45) is 0 Å². The summed E-state index contributed by atoms with van der Waals surface area (Å²) in [6.07, 6.45) is 0. The molecule has 0 bridgehead atoms. The van der Waals surface area contributed by atoms with E-state index in [1.54, 1.807) is 0 Å². The zero-order valence-electron chi connectivity index (χ0n) is 4.97. The van der Waals surface area contributed by atoms with Crippen molar-refractivity contribution >= 4 is 69.6 Å². The molecule has 0 atom stereocenters. The average Bonchev–Trinajstić information content (AvgIpc) is 1.87. The van der Waals surface area contributed by atoms with E-state index in [1.807, 2.05) is 0 Å². The maximum atomic E-state index is 5.63. The molecule has 0 aromatic rings. The Morgan fingerprint density at radius 1 is 0.636 bits per heavy atom. The number of halogens is 6. The fraction of sp³-hybridized carbons (Fsp3) is 0. The second-order valence-electron chi connectivity index (χ2n) is 1.51. The monoisotopic (exact) mass is 460 g/mol. The molecule has 0 aromatic carbocycles. The van der Waals surface area contributed by atoms with Crippen molar-refractivity contribution in [3.63, 3.8) is 0 Å². The van der Waals surface area contributed by atoms with Crippen molar-refractivity contribution in [3.8, 4) is 0 Å². The SMILES string of the molecule is ClC(Cl)=[C](Cl)[Hg][C](Cl)=C(Cl)Cl. The second kappa shape index (κ2) is 6.59. The molecule has 0 amide bonds. The predicted octanol–water partition coefficient (Wildman–Crippen LogP) is 4.75. The molecule has 11 heavy (non-hydrogen) atoms. The molecule has 0 aliphatic carbocycles. The third-order valence-corrected chi connectivity index (χ3v) is 13.4. The molecule has 0 nitrogen and oxygen atoms in total. The van der Waals surface area contributed by atoms with Crippen molar-refractivity contribution in [3.05, 3.63) is 14.1 Å². The van der Waals surface area contributed by atoms with Gasteiger partial charge in [0.15, 0.2) is 0 Å². The molecule has 0 unspecified atom stereocenters. The number of rotatable bonds is 2. The topological polar surface area (TPSA) is 0 Å². The minimum absolute atomic E-state index is 0.0565. The van der Waals surface area contributed by atoms with Gasteiger partial charge in [-0.1, -0.05) is 0 Å². The van der Waals surface area contributed by atoms with E-state index < -0.39 is 24.6 Å². The van der Waals surface area contributed by atoms with Crippen LogP contribution < -0.4 is 0 Å². The summed E-state index contributed by atoms with van der Waals surface area (Å²) in [7, 11) is 0. The van der Waals surface area contributed by atoms with E-state index in [0.29, 0.717) is 5.08 Å². The van der Waals surface area contributed by atoms with Crippen LogP contribution in [0.25, 0.3) is 0 Å². The van der Waals surface area contributed by atoms with Gasteiger partial charge in [-0.15, -0.1) is 0 Å². The Labute approximate surface area is 107 Å². The van der Waals surface area contributed by atoms with Gasteiger partial charge >= 0.3 is 108 Å². The quantitative estimate of drug-likeness (QED) is 0.521.